The van der Waals surface area contributed by atoms with Crippen LogP contribution >= 0.6 is 0 Å². The summed E-state index contributed by atoms with van der Waals surface area (Å²) in [6.07, 6.45) is 7.66. The van der Waals surface area contributed by atoms with Gasteiger partial charge in [0.1, 0.15) is 5.78 Å². The maximum atomic E-state index is 11.9. The fourth-order valence-corrected chi connectivity index (χ4v) is 3.63. The summed E-state index contributed by atoms with van der Waals surface area (Å²) < 4.78 is 11.7. The number of ketones is 1. The van der Waals surface area contributed by atoms with Crippen molar-refractivity contribution in [3.8, 4) is 0 Å². The Labute approximate surface area is 145 Å². The molecule has 24 heavy (non-hydrogen) atoms. The summed E-state index contributed by atoms with van der Waals surface area (Å²) in [5, 5.41) is 3.00. The molecule has 0 bridgehead atoms. The minimum absolute atomic E-state index is 0.0409. The fourth-order valence-electron chi connectivity index (χ4n) is 3.63. The molecule has 0 aromatic heterocycles. The van der Waals surface area contributed by atoms with Gasteiger partial charge in [0.25, 0.3) is 0 Å². The SMILES string of the molecule is CCC(=O)[C@H]1C[C@H](NC(=O)CCO[C@H]2CC[C@H](OC(C)C)CC2)C1. The normalized spacial score (nSPS) is 30.0. The molecule has 0 heterocycles. The molecule has 2 fully saturated rings. The van der Waals surface area contributed by atoms with Gasteiger partial charge in [0, 0.05) is 24.8 Å². The summed E-state index contributed by atoms with van der Waals surface area (Å²) in [4.78, 5) is 23.4. The van der Waals surface area contributed by atoms with Crippen LogP contribution in [0.5, 0.6) is 0 Å². The second-order valence-electron chi connectivity index (χ2n) is 7.46. The first kappa shape index (κ1) is 19.4. The summed E-state index contributed by atoms with van der Waals surface area (Å²) in [5.41, 5.74) is 0. The minimum Gasteiger partial charge on any atom is -0.378 e. The molecule has 138 valence electrons. The average molecular weight is 339 g/mol. The molecule has 2 rings (SSSR count). The molecular weight excluding hydrogens is 306 g/mol. The first-order chi connectivity index (χ1) is 11.5. The zero-order valence-electron chi connectivity index (χ0n) is 15.4. The monoisotopic (exact) mass is 339 g/mol. The molecule has 2 saturated carbocycles. The highest BCUT2D eigenvalue weighted by molar-refractivity contribution is 5.82. The highest BCUT2D eigenvalue weighted by Gasteiger charge is 2.34. The Kier molecular flexibility index (Phi) is 7.69. The smallest absolute Gasteiger partial charge is 0.222 e. The van der Waals surface area contributed by atoms with Gasteiger partial charge in [-0.15, -0.1) is 0 Å². The van der Waals surface area contributed by atoms with Crippen molar-refractivity contribution in [2.45, 2.75) is 96.5 Å². The van der Waals surface area contributed by atoms with E-state index >= 15 is 0 Å². The van der Waals surface area contributed by atoms with Crippen LogP contribution in [0.15, 0.2) is 0 Å². The van der Waals surface area contributed by atoms with E-state index in [1.165, 1.54) is 0 Å². The van der Waals surface area contributed by atoms with E-state index in [4.69, 9.17) is 9.47 Å². The van der Waals surface area contributed by atoms with Crippen molar-refractivity contribution in [2.24, 2.45) is 5.92 Å². The van der Waals surface area contributed by atoms with Gasteiger partial charge in [-0.2, -0.15) is 0 Å². The van der Waals surface area contributed by atoms with E-state index in [1.54, 1.807) is 0 Å². The average Bonchev–Trinajstić information content (AvgIpc) is 2.51. The predicted octanol–water partition coefficient (Wildman–Crippen LogP) is 3.00. The lowest BCUT2D eigenvalue weighted by Gasteiger charge is -2.34. The quantitative estimate of drug-likeness (QED) is 0.701. The van der Waals surface area contributed by atoms with Gasteiger partial charge in [0.2, 0.25) is 5.91 Å². The third-order valence-corrected chi connectivity index (χ3v) is 5.08. The van der Waals surface area contributed by atoms with Crippen molar-refractivity contribution in [2.75, 3.05) is 6.61 Å². The number of carbonyl (C=O) groups is 2. The van der Waals surface area contributed by atoms with Gasteiger partial charge in [-0.25, -0.2) is 0 Å². The molecule has 2 aliphatic carbocycles. The lowest BCUT2D eigenvalue weighted by atomic mass is 9.77. The topological polar surface area (TPSA) is 64.6 Å². The second-order valence-corrected chi connectivity index (χ2v) is 7.46. The number of ether oxygens (including phenoxy) is 2. The van der Waals surface area contributed by atoms with Crippen LogP contribution < -0.4 is 5.32 Å². The maximum absolute atomic E-state index is 11.9. The van der Waals surface area contributed by atoms with Crippen LogP contribution in [0.4, 0.5) is 0 Å². The highest BCUT2D eigenvalue weighted by atomic mass is 16.5. The fraction of sp³-hybridized carbons (Fsp3) is 0.895. The molecule has 0 aromatic carbocycles. The number of rotatable bonds is 9. The number of carbonyl (C=O) groups excluding carboxylic acids is 2. The summed E-state index contributed by atoms with van der Waals surface area (Å²) in [6, 6.07) is 0.182. The number of hydrogen-bond acceptors (Lipinski definition) is 4. The van der Waals surface area contributed by atoms with Crippen molar-refractivity contribution in [3.05, 3.63) is 0 Å². The zero-order chi connectivity index (χ0) is 17.5. The van der Waals surface area contributed by atoms with E-state index in [9.17, 15) is 9.59 Å². The number of Topliss-reactive ketones (excluding diaryl/α,β-unsaturated/α-hetero) is 1. The molecule has 5 nitrogen and oxygen atoms in total. The molecule has 1 amide bonds. The van der Waals surface area contributed by atoms with E-state index in [2.05, 4.69) is 19.2 Å². The van der Waals surface area contributed by atoms with Crippen LogP contribution in [0, 0.1) is 5.92 Å². The largest absolute Gasteiger partial charge is 0.378 e. The first-order valence-corrected chi connectivity index (χ1v) is 9.57. The van der Waals surface area contributed by atoms with E-state index in [-0.39, 0.29) is 30.1 Å². The number of nitrogens with one attached hydrogen (secondary N) is 1. The molecule has 0 unspecified atom stereocenters. The molecule has 0 saturated heterocycles. The van der Waals surface area contributed by atoms with Crippen molar-refractivity contribution >= 4 is 11.7 Å². The van der Waals surface area contributed by atoms with Crippen molar-refractivity contribution in [1.29, 1.82) is 0 Å². The molecule has 2 aliphatic rings. The molecular formula is C19H33NO4. The van der Waals surface area contributed by atoms with E-state index in [0.717, 1.165) is 38.5 Å². The molecule has 0 aromatic rings. The van der Waals surface area contributed by atoms with E-state index in [0.29, 0.717) is 31.3 Å². The summed E-state index contributed by atoms with van der Waals surface area (Å²) in [6.45, 7) is 6.53. The van der Waals surface area contributed by atoms with E-state index < -0.39 is 0 Å². The summed E-state index contributed by atoms with van der Waals surface area (Å²) in [7, 11) is 0. The van der Waals surface area contributed by atoms with Crippen LogP contribution in [-0.4, -0.2) is 42.7 Å². The third-order valence-electron chi connectivity index (χ3n) is 5.08. The Morgan fingerprint density at radius 1 is 1.08 bits per heavy atom. The van der Waals surface area contributed by atoms with Crippen molar-refractivity contribution < 1.29 is 19.1 Å². The van der Waals surface area contributed by atoms with Crippen LogP contribution in [0.1, 0.15) is 72.1 Å². The maximum Gasteiger partial charge on any atom is 0.222 e. The van der Waals surface area contributed by atoms with Gasteiger partial charge >= 0.3 is 0 Å². The Morgan fingerprint density at radius 2 is 1.71 bits per heavy atom. The predicted molar refractivity (Wildman–Crippen MR) is 92.8 cm³/mol. The van der Waals surface area contributed by atoms with Gasteiger partial charge in [0.15, 0.2) is 0 Å². The Morgan fingerprint density at radius 3 is 2.29 bits per heavy atom. The standard InChI is InChI=1S/C19H33NO4/c1-4-18(21)14-11-15(12-14)20-19(22)9-10-23-16-5-7-17(8-6-16)24-13(2)3/h13-17H,4-12H2,1-3H3,(H,20,22)/t14-,15-,16-,17-. The first-order valence-electron chi connectivity index (χ1n) is 9.57. The second kappa shape index (κ2) is 9.52. The van der Waals surface area contributed by atoms with Crippen molar-refractivity contribution in [3.63, 3.8) is 0 Å². The van der Waals surface area contributed by atoms with Gasteiger partial charge < -0.3 is 14.8 Å². The Hall–Kier alpha value is -0.940. The molecule has 1 N–H and O–H groups in total. The molecule has 0 radical (unpaired) electrons. The Balaban J connectivity index is 1.51. The van der Waals surface area contributed by atoms with Gasteiger partial charge in [-0.3, -0.25) is 9.59 Å². The van der Waals surface area contributed by atoms with Crippen molar-refractivity contribution in [1.82, 2.24) is 5.32 Å². The zero-order valence-corrected chi connectivity index (χ0v) is 15.4. The van der Waals surface area contributed by atoms with Crippen LogP contribution in [0.3, 0.4) is 0 Å². The van der Waals surface area contributed by atoms with Crippen LogP contribution in [0.25, 0.3) is 0 Å². The van der Waals surface area contributed by atoms with Gasteiger partial charge in [-0.1, -0.05) is 6.92 Å². The highest BCUT2D eigenvalue weighted by Crippen LogP contribution is 2.29. The third kappa shape index (κ3) is 6.17. The lowest BCUT2D eigenvalue weighted by molar-refractivity contribution is -0.129. The van der Waals surface area contributed by atoms with Gasteiger partial charge in [0.05, 0.1) is 24.9 Å². The molecule has 0 aliphatic heterocycles. The number of hydrogen-bond donors (Lipinski definition) is 1. The number of amides is 1. The summed E-state index contributed by atoms with van der Waals surface area (Å²) in [5.74, 6) is 0.528. The minimum atomic E-state index is 0.0409. The lowest BCUT2D eigenvalue weighted by Crippen LogP contribution is -2.46. The molecule has 5 heteroatoms. The summed E-state index contributed by atoms with van der Waals surface area (Å²) >= 11 is 0. The molecule has 0 spiro atoms. The van der Waals surface area contributed by atoms with Crippen LogP contribution in [-0.2, 0) is 19.1 Å². The Bertz CT molecular complexity index is 410. The molecule has 0 atom stereocenters. The van der Waals surface area contributed by atoms with Gasteiger partial charge in [-0.05, 0) is 52.4 Å². The van der Waals surface area contributed by atoms with Crippen LogP contribution in [0.2, 0.25) is 0 Å². The van der Waals surface area contributed by atoms with E-state index in [1.807, 2.05) is 6.92 Å².